The summed E-state index contributed by atoms with van der Waals surface area (Å²) in [5.74, 6) is 1.67. The van der Waals surface area contributed by atoms with Gasteiger partial charge in [-0.05, 0) is 42.3 Å². The topological polar surface area (TPSA) is 37.8 Å². The Hall–Kier alpha value is -2.94. The zero-order valence-electron chi connectivity index (χ0n) is 13.8. The molecule has 0 spiro atoms. The predicted molar refractivity (Wildman–Crippen MR) is 100 cm³/mol. The number of nitrogens with one attached hydrogen (secondary N) is 1. The molecule has 1 N–H and O–H groups in total. The molecule has 1 heterocycles. The molecule has 3 heteroatoms. The number of para-hydroxylation sites is 1. The molecule has 1 atom stereocenters. The minimum absolute atomic E-state index is 0.147. The summed E-state index contributed by atoms with van der Waals surface area (Å²) in [5.41, 5.74) is 2.24. The van der Waals surface area contributed by atoms with E-state index in [2.05, 4.69) is 70.7 Å². The van der Waals surface area contributed by atoms with Crippen molar-refractivity contribution in [2.45, 2.75) is 19.9 Å². The first-order chi connectivity index (χ1) is 11.7. The molecule has 0 aliphatic heterocycles. The monoisotopic (exact) mass is 313 g/mol. The van der Waals surface area contributed by atoms with Gasteiger partial charge in [0.1, 0.15) is 11.6 Å². The number of aryl methyl sites for hydroxylation is 1. The van der Waals surface area contributed by atoms with Crippen LogP contribution >= 0.6 is 0 Å². The summed E-state index contributed by atoms with van der Waals surface area (Å²) in [4.78, 5) is 9.14. The lowest BCUT2D eigenvalue weighted by Gasteiger charge is -2.18. The van der Waals surface area contributed by atoms with Gasteiger partial charge in [-0.1, -0.05) is 54.6 Å². The molecule has 4 rings (SSSR count). The summed E-state index contributed by atoms with van der Waals surface area (Å²) in [5, 5.41) is 7.16. The van der Waals surface area contributed by atoms with Gasteiger partial charge in [0.15, 0.2) is 0 Å². The van der Waals surface area contributed by atoms with Gasteiger partial charge in [-0.2, -0.15) is 0 Å². The van der Waals surface area contributed by atoms with E-state index in [1.165, 1.54) is 16.3 Å². The van der Waals surface area contributed by atoms with Crippen LogP contribution in [0, 0.1) is 6.92 Å². The van der Waals surface area contributed by atoms with Gasteiger partial charge in [-0.3, -0.25) is 0 Å². The second kappa shape index (κ2) is 5.93. The number of hydrogen-bond acceptors (Lipinski definition) is 3. The first-order valence-corrected chi connectivity index (χ1v) is 8.20. The lowest BCUT2D eigenvalue weighted by molar-refractivity contribution is 0.881. The van der Waals surface area contributed by atoms with E-state index in [1.54, 1.807) is 0 Å². The highest BCUT2D eigenvalue weighted by atomic mass is 15.0. The third-order valence-electron chi connectivity index (χ3n) is 4.36. The normalized spacial score (nSPS) is 12.4. The van der Waals surface area contributed by atoms with Crippen LogP contribution in [0.5, 0.6) is 0 Å². The largest absolute Gasteiger partial charge is 0.363 e. The van der Waals surface area contributed by atoms with Gasteiger partial charge in [-0.15, -0.1) is 0 Å². The molecule has 0 saturated carbocycles. The molecule has 3 nitrogen and oxygen atoms in total. The maximum absolute atomic E-state index is 4.62. The maximum Gasteiger partial charge on any atom is 0.138 e. The van der Waals surface area contributed by atoms with Crippen molar-refractivity contribution in [1.82, 2.24) is 9.97 Å². The number of benzene rings is 3. The Kier molecular flexibility index (Phi) is 3.62. The highest BCUT2D eigenvalue weighted by molar-refractivity contribution is 5.90. The van der Waals surface area contributed by atoms with Crippen LogP contribution < -0.4 is 5.32 Å². The zero-order chi connectivity index (χ0) is 16.5. The van der Waals surface area contributed by atoms with Crippen LogP contribution in [0.4, 0.5) is 5.82 Å². The number of hydrogen-bond donors (Lipinski definition) is 1. The number of anilines is 1. The van der Waals surface area contributed by atoms with E-state index in [1.807, 2.05) is 25.1 Å². The van der Waals surface area contributed by atoms with E-state index >= 15 is 0 Å². The van der Waals surface area contributed by atoms with Crippen molar-refractivity contribution in [1.29, 1.82) is 0 Å². The smallest absolute Gasteiger partial charge is 0.138 e. The van der Waals surface area contributed by atoms with E-state index < -0.39 is 0 Å². The van der Waals surface area contributed by atoms with E-state index in [4.69, 9.17) is 0 Å². The van der Waals surface area contributed by atoms with Gasteiger partial charge in [0.25, 0.3) is 0 Å². The highest BCUT2D eigenvalue weighted by Gasteiger charge is 2.12. The van der Waals surface area contributed by atoms with E-state index in [0.717, 1.165) is 22.5 Å². The van der Waals surface area contributed by atoms with Crippen molar-refractivity contribution in [3.05, 3.63) is 78.1 Å². The van der Waals surface area contributed by atoms with Crippen molar-refractivity contribution >= 4 is 27.5 Å². The second-order valence-corrected chi connectivity index (χ2v) is 6.07. The Morgan fingerprint density at radius 1 is 0.792 bits per heavy atom. The lowest BCUT2D eigenvalue weighted by atomic mass is 9.99. The average Bonchev–Trinajstić information content (AvgIpc) is 2.61. The molecule has 0 bridgehead atoms. The fourth-order valence-electron chi connectivity index (χ4n) is 3.21. The van der Waals surface area contributed by atoms with Crippen molar-refractivity contribution in [3.8, 4) is 0 Å². The molecule has 0 radical (unpaired) electrons. The van der Waals surface area contributed by atoms with Crippen molar-refractivity contribution < 1.29 is 0 Å². The standard InChI is InChI=1S/C21H19N3/c1-14(17-12-7-9-16-8-3-4-10-18(16)17)22-21-19-11-5-6-13-20(19)23-15(2)24-21/h3-14H,1-2H3,(H,22,23,24)/t14-/m1/s1. The minimum atomic E-state index is 0.147. The summed E-state index contributed by atoms with van der Waals surface area (Å²) >= 11 is 0. The SMILES string of the molecule is Cc1nc(N[C@H](C)c2cccc3ccccc23)c2ccccc2n1. The van der Waals surface area contributed by atoms with E-state index in [9.17, 15) is 0 Å². The van der Waals surface area contributed by atoms with Crippen LogP contribution in [-0.4, -0.2) is 9.97 Å². The van der Waals surface area contributed by atoms with Gasteiger partial charge in [-0.25, -0.2) is 9.97 Å². The molecular formula is C21H19N3. The molecule has 3 aromatic carbocycles. The molecular weight excluding hydrogens is 294 g/mol. The minimum Gasteiger partial charge on any atom is -0.363 e. The number of aromatic nitrogens is 2. The van der Waals surface area contributed by atoms with Gasteiger partial charge in [0.05, 0.1) is 11.6 Å². The van der Waals surface area contributed by atoms with Crippen molar-refractivity contribution in [3.63, 3.8) is 0 Å². The molecule has 0 unspecified atom stereocenters. The molecule has 0 fully saturated rings. The second-order valence-electron chi connectivity index (χ2n) is 6.07. The van der Waals surface area contributed by atoms with Crippen molar-refractivity contribution in [2.24, 2.45) is 0 Å². The molecule has 0 aliphatic carbocycles. The Morgan fingerprint density at radius 3 is 2.38 bits per heavy atom. The van der Waals surface area contributed by atoms with E-state index in [0.29, 0.717) is 0 Å². The third kappa shape index (κ3) is 2.58. The van der Waals surface area contributed by atoms with Crippen LogP contribution in [0.1, 0.15) is 24.4 Å². The predicted octanol–water partition coefficient (Wildman–Crippen LogP) is 5.26. The first-order valence-electron chi connectivity index (χ1n) is 8.20. The zero-order valence-corrected chi connectivity index (χ0v) is 13.8. The van der Waals surface area contributed by atoms with Gasteiger partial charge in [0, 0.05) is 5.39 Å². The Labute approximate surface area is 141 Å². The third-order valence-corrected chi connectivity index (χ3v) is 4.36. The van der Waals surface area contributed by atoms with E-state index in [-0.39, 0.29) is 6.04 Å². The number of nitrogens with zero attached hydrogens (tertiary/aromatic N) is 2. The first kappa shape index (κ1) is 14.6. The Bertz CT molecular complexity index is 1020. The van der Waals surface area contributed by atoms with Crippen LogP contribution in [0.2, 0.25) is 0 Å². The molecule has 1 aromatic heterocycles. The van der Waals surface area contributed by atoms with Gasteiger partial charge in [0.2, 0.25) is 0 Å². The van der Waals surface area contributed by atoms with Gasteiger partial charge >= 0.3 is 0 Å². The molecule has 0 amide bonds. The summed E-state index contributed by atoms with van der Waals surface area (Å²) in [6.45, 7) is 4.11. The number of fused-ring (bicyclic) bond motifs is 2. The quantitative estimate of drug-likeness (QED) is 0.560. The Morgan fingerprint density at radius 2 is 1.50 bits per heavy atom. The lowest BCUT2D eigenvalue weighted by Crippen LogP contribution is -2.10. The average molecular weight is 313 g/mol. The fraction of sp³-hybridized carbons (Fsp3) is 0.143. The van der Waals surface area contributed by atoms with Crippen LogP contribution in [0.25, 0.3) is 21.7 Å². The molecule has 4 aromatic rings. The van der Waals surface area contributed by atoms with Crippen LogP contribution in [0.15, 0.2) is 66.7 Å². The molecule has 0 aliphatic rings. The summed E-state index contributed by atoms with van der Waals surface area (Å²) in [6.07, 6.45) is 0. The van der Waals surface area contributed by atoms with Crippen molar-refractivity contribution in [2.75, 3.05) is 5.32 Å². The molecule has 0 saturated heterocycles. The summed E-state index contributed by atoms with van der Waals surface area (Å²) < 4.78 is 0. The molecule has 118 valence electrons. The summed E-state index contributed by atoms with van der Waals surface area (Å²) in [7, 11) is 0. The van der Waals surface area contributed by atoms with Crippen LogP contribution in [0.3, 0.4) is 0 Å². The molecule has 24 heavy (non-hydrogen) atoms. The summed E-state index contributed by atoms with van der Waals surface area (Å²) in [6, 6.07) is 23.2. The number of rotatable bonds is 3. The van der Waals surface area contributed by atoms with Crippen LogP contribution in [-0.2, 0) is 0 Å². The maximum atomic E-state index is 4.62. The fourth-order valence-corrected chi connectivity index (χ4v) is 3.21. The van der Waals surface area contributed by atoms with Gasteiger partial charge < -0.3 is 5.32 Å². The highest BCUT2D eigenvalue weighted by Crippen LogP contribution is 2.28. The Balaban J connectivity index is 1.78.